The molecule has 2 aliphatic carbocycles. The summed E-state index contributed by atoms with van der Waals surface area (Å²) in [6.45, 7) is 15.4. The lowest BCUT2D eigenvalue weighted by Crippen LogP contribution is -2.41. The summed E-state index contributed by atoms with van der Waals surface area (Å²) in [6, 6.07) is 108. The van der Waals surface area contributed by atoms with Crippen LogP contribution in [0.25, 0.3) is 55.6 Å². The Morgan fingerprint density at radius 3 is 1.43 bits per heavy atom. The first-order valence-corrected chi connectivity index (χ1v) is 30.9. The number of rotatable bonds is 12. The highest BCUT2D eigenvalue weighted by Crippen LogP contribution is 2.59. The predicted molar refractivity (Wildman–Crippen MR) is 367 cm³/mol. The van der Waals surface area contributed by atoms with Gasteiger partial charge in [-0.1, -0.05) is 232 Å². The number of hydrogen-bond acceptors (Lipinski definition) is 4. The molecule has 1 atom stereocenters. The van der Waals surface area contributed by atoms with Crippen LogP contribution >= 0.6 is 0 Å². The molecule has 5 heteroatoms. The maximum Gasteiger partial charge on any atom is 0.494 e. The zero-order valence-corrected chi connectivity index (χ0v) is 51.0. The van der Waals surface area contributed by atoms with Crippen molar-refractivity contribution in [3.8, 4) is 55.6 Å². The Morgan fingerprint density at radius 2 is 0.761 bits per heavy atom. The number of anilines is 6. The second-order valence-corrected chi connectivity index (χ2v) is 25.5. The van der Waals surface area contributed by atoms with E-state index >= 15 is 0 Å². The molecule has 426 valence electrons. The average molecular weight is 1140 g/mol. The molecule has 1 fully saturated rings. The van der Waals surface area contributed by atoms with Crippen molar-refractivity contribution < 1.29 is 9.31 Å². The van der Waals surface area contributed by atoms with Gasteiger partial charge in [0.2, 0.25) is 0 Å². The molecule has 0 radical (unpaired) electrons. The Bertz CT molecular complexity index is 4570. The molecule has 88 heavy (non-hydrogen) atoms. The van der Waals surface area contributed by atoms with Crippen LogP contribution in [0.2, 0.25) is 0 Å². The molecule has 0 spiro atoms. The van der Waals surface area contributed by atoms with Gasteiger partial charge in [-0.25, -0.2) is 0 Å². The number of benzene rings is 12. The van der Waals surface area contributed by atoms with Gasteiger partial charge in [-0.3, -0.25) is 0 Å². The second kappa shape index (κ2) is 21.3. The van der Waals surface area contributed by atoms with Crippen LogP contribution in [-0.2, 0) is 20.1 Å². The molecule has 0 amide bonds. The highest BCUT2D eigenvalue weighted by molar-refractivity contribution is 6.62. The van der Waals surface area contributed by atoms with Gasteiger partial charge in [-0.2, -0.15) is 0 Å². The van der Waals surface area contributed by atoms with E-state index in [9.17, 15) is 0 Å². The summed E-state index contributed by atoms with van der Waals surface area (Å²) in [5.74, 6) is 0. The van der Waals surface area contributed by atoms with E-state index in [0.29, 0.717) is 0 Å². The molecule has 1 heterocycles. The van der Waals surface area contributed by atoms with Crippen molar-refractivity contribution >= 4 is 46.7 Å². The third-order valence-electron chi connectivity index (χ3n) is 19.5. The van der Waals surface area contributed by atoms with Crippen LogP contribution in [0.15, 0.2) is 291 Å². The van der Waals surface area contributed by atoms with Gasteiger partial charge in [0.05, 0.1) is 22.3 Å². The van der Waals surface area contributed by atoms with Gasteiger partial charge in [0, 0.05) is 39.4 Å². The van der Waals surface area contributed by atoms with Gasteiger partial charge in [0.1, 0.15) is 0 Å². The minimum Gasteiger partial charge on any atom is -0.399 e. The van der Waals surface area contributed by atoms with Crippen molar-refractivity contribution in [1.29, 1.82) is 0 Å². The number of fused-ring (bicyclic) bond motifs is 6. The molecule has 1 saturated heterocycles. The van der Waals surface area contributed by atoms with Crippen molar-refractivity contribution in [1.82, 2.24) is 0 Å². The molecule has 1 aliphatic heterocycles. The third-order valence-corrected chi connectivity index (χ3v) is 19.5. The monoisotopic (exact) mass is 1140 g/mol. The quantitative estimate of drug-likeness (QED) is 0.114. The smallest absolute Gasteiger partial charge is 0.399 e. The van der Waals surface area contributed by atoms with E-state index in [0.717, 1.165) is 45.2 Å². The van der Waals surface area contributed by atoms with Crippen molar-refractivity contribution in [3.05, 3.63) is 330 Å². The minimum atomic E-state index is -0.642. The van der Waals surface area contributed by atoms with E-state index in [4.69, 9.17) is 9.31 Å². The zero-order chi connectivity index (χ0) is 59.9. The van der Waals surface area contributed by atoms with E-state index in [1.807, 2.05) is 0 Å². The Morgan fingerprint density at radius 1 is 0.307 bits per heavy atom. The maximum atomic E-state index is 6.45. The van der Waals surface area contributed by atoms with Crippen LogP contribution in [-0.4, -0.2) is 18.3 Å². The topological polar surface area (TPSA) is 24.9 Å². The summed E-state index contributed by atoms with van der Waals surface area (Å²) in [5, 5.41) is 0. The van der Waals surface area contributed by atoms with E-state index in [2.05, 4.69) is 349 Å². The predicted octanol–water partition coefficient (Wildman–Crippen LogP) is 20.9. The van der Waals surface area contributed by atoms with Crippen LogP contribution < -0.4 is 15.3 Å². The molecule has 0 aromatic heterocycles. The first-order valence-electron chi connectivity index (χ1n) is 30.9. The van der Waals surface area contributed by atoms with E-state index < -0.39 is 23.7 Å². The Kier molecular flexibility index (Phi) is 13.3. The molecule has 3 aliphatic rings. The van der Waals surface area contributed by atoms with Crippen LogP contribution in [0.3, 0.4) is 0 Å². The van der Waals surface area contributed by atoms with Crippen molar-refractivity contribution in [2.24, 2.45) is 0 Å². The van der Waals surface area contributed by atoms with Gasteiger partial charge < -0.3 is 19.1 Å². The normalized spacial score (nSPS) is 16.3. The summed E-state index contributed by atoms with van der Waals surface area (Å²) in [4.78, 5) is 4.82. The summed E-state index contributed by atoms with van der Waals surface area (Å²) in [5.41, 5.74) is 26.9. The molecule has 0 saturated carbocycles. The molecule has 0 bridgehead atoms. The van der Waals surface area contributed by atoms with Crippen molar-refractivity contribution in [2.75, 3.05) is 9.80 Å². The molecule has 12 aromatic carbocycles. The number of nitrogens with zero attached hydrogens (tertiary/aromatic N) is 2. The zero-order valence-electron chi connectivity index (χ0n) is 51.0. The van der Waals surface area contributed by atoms with E-state index in [1.165, 1.54) is 89.0 Å². The van der Waals surface area contributed by atoms with Gasteiger partial charge in [0.15, 0.2) is 0 Å². The van der Waals surface area contributed by atoms with E-state index in [-0.39, 0.29) is 5.41 Å². The second-order valence-electron chi connectivity index (χ2n) is 25.5. The molecule has 1 unspecified atom stereocenters. The van der Waals surface area contributed by atoms with Crippen LogP contribution in [0.4, 0.5) is 34.1 Å². The Balaban J connectivity index is 0.813. The largest absolute Gasteiger partial charge is 0.494 e. The molecular weight excluding hydrogens is 1070 g/mol. The Labute approximate surface area is 519 Å². The molecule has 15 rings (SSSR count). The van der Waals surface area contributed by atoms with Crippen molar-refractivity contribution in [2.45, 2.75) is 70.5 Å². The van der Waals surface area contributed by atoms with Gasteiger partial charge in [-0.05, 0) is 202 Å². The summed E-state index contributed by atoms with van der Waals surface area (Å²) in [7, 11) is -0.430. The number of hydrogen-bond donors (Lipinski definition) is 0. The van der Waals surface area contributed by atoms with Crippen molar-refractivity contribution in [3.63, 3.8) is 0 Å². The first kappa shape index (κ1) is 54.8. The standard InChI is InChI=1S/C83H69BN2O2/c1-56-23-22-33-74-79(56)73-52-49-69(86(67-44-37-58(38-45-67)57-24-12-8-13-25-57)78-34-21-20-32-70(78)60-26-14-9-15-27-60)55-77(73)83(74,62-28-16-10-17-29-62)63-40-35-59(36-41-63)61-39-50-71-72-51-48-68(54-76(72)80(2,3)75(71)53-61)85(65-30-18-11-19-31-65)66-46-42-64(43-47-66)84-87-81(4,5)82(6,7)88-84/h8-55H,1-7H3. The fourth-order valence-corrected chi connectivity index (χ4v) is 14.3. The molecular formula is C83H69BN2O2. The van der Waals surface area contributed by atoms with Crippen LogP contribution in [0.5, 0.6) is 0 Å². The molecule has 4 nitrogen and oxygen atoms in total. The maximum absolute atomic E-state index is 6.45. The summed E-state index contributed by atoms with van der Waals surface area (Å²) >= 11 is 0. The average Bonchev–Trinajstić information content (AvgIpc) is 1.66. The lowest BCUT2D eigenvalue weighted by atomic mass is 9.67. The highest BCUT2D eigenvalue weighted by Gasteiger charge is 2.52. The molecule has 12 aromatic rings. The van der Waals surface area contributed by atoms with Gasteiger partial charge in [0.25, 0.3) is 0 Å². The van der Waals surface area contributed by atoms with E-state index in [1.54, 1.807) is 0 Å². The Hall–Kier alpha value is -9.78. The molecule has 0 N–H and O–H groups in total. The van der Waals surface area contributed by atoms with Gasteiger partial charge in [-0.15, -0.1) is 0 Å². The lowest BCUT2D eigenvalue weighted by Gasteiger charge is -2.35. The van der Waals surface area contributed by atoms with Gasteiger partial charge >= 0.3 is 7.12 Å². The van der Waals surface area contributed by atoms with Crippen LogP contribution in [0, 0.1) is 6.92 Å². The summed E-state index contributed by atoms with van der Waals surface area (Å²) in [6.07, 6.45) is 0. The third kappa shape index (κ3) is 8.98. The fraction of sp³-hybridized carbons (Fsp3) is 0.133. The lowest BCUT2D eigenvalue weighted by molar-refractivity contribution is 0.00578. The highest BCUT2D eigenvalue weighted by atomic mass is 16.7. The SMILES string of the molecule is Cc1cccc2c1-c1ccc(N(c3ccc(-c4ccccc4)cc3)c3ccccc3-c3ccccc3)cc1C2(c1ccccc1)c1ccc(-c2ccc3c(c2)C(C)(C)c2cc(N(c4ccccc4)c4ccc(B5OC(C)(C)C(C)(C)O5)cc4)ccc2-3)cc1. The first-order chi connectivity index (χ1) is 42.8. The minimum absolute atomic E-state index is 0.275. The number of aryl methyl sites for hydroxylation is 1. The van der Waals surface area contributed by atoms with Crippen LogP contribution in [0.1, 0.15) is 80.5 Å². The summed E-state index contributed by atoms with van der Waals surface area (Å²) < 4.78 is 12.9. The number of para-hydroxylation sites is 2. The fourth-order valence-electron chi connectivity index (χ4n) is 14.3.